The third kappa shape index (κ3) is 1.55. The van der Waals surface area contributed by atoms with Gasteiger partial charge in [-0.3, -0.25) is 0 Å². The fourth-order valence-corrected chi connectivity index (χ4v) is 4.14. The Labute approximate surface area is 80.7 Å². The molecule has 0 amide bonds. The second kappa shape index (κ2) is 2.95. The Bertz CT molecular complexity index is 410. The summed E-state index contributed by atoms with van der Waals surface area (Å²) in [5.41, 5.74) is 6.07. The molecule has 4 nitrogen and oxygen atoms in total. The Morgan fingerprint density at radius 2 is 2.38 bits per heavy atom. The smallest absolute Gasteiger partial charge is 0.180 e. The first-order valence-corrected chi connectivity index (χ1v) is 6.61. The van der Waals surface area contributed by atoms with Crippen LogP contribution >= 0.6 is 11.3 Å². The van der Waals surface area contributed by atoms with Gasteiger partial charge in [-0.15, -0.1) is 11.3 Å². The van der Waals surface area contributed by atoms with Crippen molar-refractivity contribution in [3.63, 3.8) is 0 Å². The summed E-state index contributed by atoms with van der Waals surface area (Å²) in [7, 11) is -2.94. The van der Waals surface area contributed by atoms with Crippen LogP contribution in [0.25, 0.3) is 0 Å². The molecule has 1 aliphatic rings. The van der Waals surface area contributed by atoms with Crippen LogP contribution < -0.4 is 5.73 Å². The van der Waals surface area contributed by atoms with Gasteiger partial charge in [0.05, 0.1) is 11.4 Å². The minimum atomic E-state index is -2.94. The third-order valence-electron chi connectivity index (χ3n) is 2.20. The maximum Gasteiger partial charge on any atom is 0.180 e. The molecule has 1 unspecified atom stereocenters. The van der Waals surface area contributed by atoms with Crippen molar-refractivity contribution in [2.24, 2.45) is 0 Å². The molecule has 1 atom stereocenters. The number of sulfone groups is 1. The van der Waals surface area contributed by atoms with Gasteiger partial charge in [0, 0.05) is 5.38 Å². The van der Waals surface area contributed by atoms with Crippen molar-refractivity contribution >= 4 is 26.3 Å². The Kier molecular flexibility index (Phi) is 2.03. The predicted molar refractivity (Wildman–Crippen MR) is 52.3 cm³/mol. The van der Waals surface area contributed by atoms with Crippen molar-refractivity contribution in [3.05, 3.63) is 11.1 Å². The van der Waals surface area contributed by atoms with Crippen LogP contribution in [0.15, 0.2) is 5.38 Å². The minimum Gasteiger partial charge on any atom is -0.375 e. The third-order valence-corrected chi connectivity index (χ3v) is 5.09. The van der Waals surface area contributed by atoms with E-state index in [4.69, 9.17) is 5.73 Å². The monoisotopic (exact) mass is 218 g/mol. The van der Waals surface area contributed by atoms with Crippen molar-refractivity contribution in [1.82, 2.24) is 4.98 Å². The molecule has 72 valence electrons. The molecule has 1 aromatic rings. The van der Waals surface area contributed by atoms with E-state index in [-0.39, 0.29) is 5.75 Å². The molecule has 6 heteroatoms. The van der Waals surface area contributed by atoms with Gasteiger partial charge in [-0.2, -0.15) is 0 Å². The number of nitrogens with zero attached hydrogens (tertiary/aromatic N) is 1. The average Bonchev–Trinajstić information content (AvgIpc) is 2.56. The second-order valence-corrected chi connectivity index (χ2v) is 6.30. The van der Waals surface area contributed by atoms with Gasteiger partial charge in [0.2, 0.25) is 0 Å². The highest BCUT2D eigenvalue weighted by Crippen LogP contribution is 2.35. The lowest BCUT2D eigenvalue weighted by molar-refractivity contribution is 0.591. The van der Waals surface area contributed by atoms with Crippen LogP contribution in [0.2, 0.25) is 0 Å². The first-order chi connectivity index (χ1) is 6.09. The predicted octanol–water partition coefficient (Wildman–Crippen LogP) is 0.975. The van der Waals surface area contributed by atoms with E-state index in [0.717, 1.165) is 6.42 Å². The van der Waals surface area contributed by atoms with Gasteiger partial charge in [-0.05, 0) is 12.8 Å². The summed E-state index contributed by atoms with van der Waals surface area (Å²) in [6.07, 6.45) is 1.43. The van der Waals surface area contributed by atoms with Gasteiger partial charge in [-0.25, -0.2) is 13.4 Å². The first-order valence-electron chi connectivity index (χ1n) is 4.02. The van der Waals surface area contributed by atoms with Crippen LogP contribution in [0.4, 0.5) is 5.13 Å². The van der Waals surface area contributed by atoms with Crippen LogP contribution in [0.5, 0.6) is 0 Å². The minimum absolute atomic E-state index is 0.287. The number of hydrogen-bond acceptors (Lipinski definition) is 5. The van der Waals surface area contributed by atoms with Gasteiger partial charge in [0.25, 0.3) is 0 Å². The Balaban J connectivity index is 2.37. The number of rotatable bonds is 1. The Hall–Kier alpha value is -0.620. The zero-order valence-electron chi connectivity index (χ0n) is 6.93. The molecular formula is C7H10N2O2S2. The van der Waals surface area contributed by atoms with E-state index in [1.165, 1.54) is 11.3 Å². The van der Waals surface area contributed by atoms with E-state index < -0.39 is 15.1 Å². The van der Waals surface area contributed by atoms with Crippen molar-refractivity contribution in [3.8, 4) is 0 Å². The standard InChI is InChI=1S/C7H10N2O2S2/c8-7-9-5(4-12-7)6-2-1-3-13(6,10)11/h4,6H,1-3H2,(H2,8,9). The zero-order valence-corrected chi connectivity index (χ0v) is 8.57. The number of thiazole rings is 1. The van der Waals surface area contributed by atoms with Crippen LogP contribution in [0.1, 0.15) is 23.8 Å². The van der Waals surface area contributed by atoms with E-state index in [9.17, 15) is 8.42 Å². The lowest BCUT2D eigenvalue weighted by Crippen LogP contribution is -2.08. The van der Waals surface area contributed by atoms with Gasteiger partial charge < -0.3 is 5.73 Å². The molecule has 0 spiro atoms. The average molecular weight is 218 g/mol. The molecule has 1 saturated heterocycles. The van der Waals surface area contributed by atoms with Crippen LogP contribution in [-0.4, -0.2) is 19.2 Å². The maximum absolute atomic E-state index is 11.5. The lowest BCUT2D eigenvalue weighted by Gasteiger charge is -2.03. The van der Waals surface area contributed by atoms with Gasteiger partial charge in [-0.1, -0.05) is 0 Å². The molecule has 1 fully saturated rings. The Morgan fingerprint density at radius 3 is 2.85 bits per heavy atom. The van der Waals surface area contributed by atoms with E-state index in [0.29, 0.717) is 17.2 Å². The second-order valence-electron chi connectivity index (χ2n) is 3.11. The largest absolute Gasteiger partial charge is 0.375 e. The molecule has 0 saturated carbocycles. The molecule has 2 N–H and O–H groups in total. The van der Waals surface area contributed by atoms with Crippen molar-refractivity contribution in [1.29, 1.82) is 0 Å². The quantitative estimate of drug-likeness (QED) is 0.762. The summed E-state index contributed by atoms with van der Waals surface area (Å²) in [5.74, 6) is 0.287. The first kappa shape index (κ1) is 8.96. The SMILES string of the molecule is Nc1nc(C2CCCS2(=O)=O)cs1. The van der Waals surface area contributed by atoms with Gasteiger partial charge >= 0.3 is 0 Å². The van der Waals surface area contributed by atoms with Crippen LogP contribution in [-0.2, 0) is 9.84 Å². The molecular weight excluding hydrogens is 208 g/mol. The van der Waals surface area contributed by atoms with Crippen LogP contribution in [0, 0.1) is 0 Å². The van der Waals surface area contributed by atoms with Crippen molar-refractivity contribution in [2.45, 2.75) is 18.1 Å². The molecule has 2 rings (SSSR count). The van der Waals surface area contributed by atoms with E-state index >= 15 is 0 Å². The molecule has 1 aromatic heterocycles. The number of hydrogen-bond donors (Lipinski definition) is 1. The number of anilines is 1. The fraction of sp³-hybridized carbons (Fsp3) is 0.571. The summed E-state index contributed by atoms with van der Waals surface area (Å²) in [5, 5.41) is 1.78. The molecule has 13 heavy (non-hydrogen) atoms. The van der Waals surface area contributed by atoms with Crippen molar-refractivity contribution in [2.75, 3.05) is 11.5 Å². The van der Waals surface area contributed by atoms with E-state index in [1.807, 2.05) is 0 Å². The van der Waals surface area contributed by atoms with Crippen molar-refractivity contribution < 1.29 is 8.42 Å². The highest BCUT2D eigenvalue weighted by atomic mass is 32.2. The molecule has 1 aliphatic heterocycles. The summed E-state index contributed by atoms with van der Waals surface area (Å²) in [4.78, 5) is 4.01. The Morgan fingerprint density at radius 1 is 1.62 bits per heavy atom. The zero-order chi connectivity index (χ0) is 9.47. The highest BCUT2D eigenvalue weighted by molar-refractivity contribution is 7.91. The van der Waals surface area contributed by atoms with E-state index in [1.54, 1.807) is 5.38 Å². The number of aromatic nitrogens is 1. The number of nitrogen functional groups attached to an aromatic ring is 1. The maximum atomic E-state index is 11.5. The van der Waals surface area contributed by atoms with Crippen LogP contribution in [0.3, 0.4) is 0 Å². The molecule has 2 heterocycles. The molecule has 0 aromatic carbocycles. The summed E-state index contributed by atoms with van der Waals surface area (Å²) < 4.78 is 23.0. The highest BCUT2D eigenvalue weighted by Gasteiger charge is 2.34. The fourth-order valence-electron chi connectivity index (χ4n) is 1.57. The lowest BCUT2D eigenvalue weighted by atomic mass is 10.2. The van der Waals surface area contributed by atoms with Gasteiger partial charge in [0.15, 0.2) is 15.0 Å². The molecule has 0 aliphatic carbocycles. The van der Waals surface area contributed by atoms with Gasteiger partial charge in [0.1, 0.15) is 5.25 Å². The normalized spacial score (nSPS) is 26.3. The molecule has 0 bridgehead atoms. The summed E-state index contributed by atoms with van der Waals surface area (Å²) in [6, 6.07) is 0. The summed E-state index contributed by atoms with van der Waals surface area (Å²) >= 11 is 1.29. The molecule has 0 radical (unpaired) electrons. The topological polar surface area (TPSA) is 73.0 Å². The number of nitrogens with two attached hydrogens (primary N) is 1. The summed E-state index contributed by atoms with van der Waals surface area (Å²) in [6.45, 7) is 0. The van der Waals surface area contributed by atoms with E-state index in [2.05, 4.69) is 4.98 Å².